The van der Waals surface area contributed by atoms with Gasteiger partial charge in [0.25, 0.3) is 5.91 Å². The number of hydrogen-bond donors (Lipinski definition) is 2. The van der Waals surface area contributed by atoms with Crippen LogP contribution in [0.4, 0.5) is 5.69 Å². The quantitative estimate of drug-likeness (QED) is 0.434. The number of rotatable bonds is 5. The van der Waals surface area contributed by atoms with E-state index in [2.05, 4.69) is 21.9 Å². The molecule has 0 aliphatic heterocycles. The minimum absolute atomic E-state index is 0.183. The van der Waals surface area contributed by atoms with Gasteiger partial charge in [-0.05, 0) is 36.8 Å². The summed E-state index contributed by atoms with van der Waals surface area (Å²) in [4.78, 5) is 20.7. The van der Waals surface area contributed by atoms with E-state index < -0.39 is 0 Å². The van der Waals surface area contributed by atoms with Gasteiger partial charge in [0, 0.05) is 28.2 Å². The van der Waals surface area contributed by atoms with Gasteiger partial charge in [-0.3, -0.25) is 9.79 Å². The van der Waals surface area contributed by atoms with Crippen LogP contribution in [0.3, 0.4) is 0 Å². The van der Waals surface area contributed by atoms with E-state index in [4.69, 9.17) is 0 Å². The van der Waals surface area contributed by atoms with Crippen molar-refractivity contribution in [2.45, 2.75) is 6.92 Å². The summed E-state index contributed by atoms with van der Waals surface area (Å²) < 4.78 is 0. The van der Waals surface area contributed by atoms with Gasteiger partial charge in [0.05, 0.1) is 17.1 Å². The maximum Gasteiger partial charge on any atom is 0.255 e. The first-order valence-electron chi connectivity index (χ1n) is 9.39. The Balaban J connectivity index is 1.69. The number of amides is 1. The monoisotopic (exact) mass is 379 g/mol. The lowest BCUT2D eigenvalue weighted by Crippen LogP contribution is -2.22. The zero-order chi connectivity index (χ0) is 20.2. The Kier molecular flexibility index (Phi) is 5.08. The van der Waals surface area contributed by atoms with Gasteiger partial charge in [0.15, 0.2) is 0 Å². The van der Waals surface area contributed by atoms with Gasteiger partial charge in [-0.15, -0.1) is 0 Å². The van der Waals surface area contributed by atoms with E-state index in [1.807, 2.05) is 85.9 Å². The lowest BCUT2D eigenvalue weighted by atomic mass is 10.1. The number of para-hydroxylation sites is 2. The van der Waals surface area contributed by atoms with Crippen molar-refractivity contribution in [2.24, 2.45) is 4.99 Å². The molecule has 0 radical (unpaired) electrons. The lowest BCUT2D eigenvalue weighted by Gasteiger charge is -2.10. The molecule has 0 aliphatic rings. The molecule has 4 aromatic rings. The number of aromatic nitrogens is 1. The molecule has 4 rings (SSSR count). The van der Waals surface area contributed by atoms with Crippen LogP contribution < -0.4 is 5.32 Å². The normalized spacial score (nSPS) is 11.1. The smallest absolute Gasteiger partial charge is 0.255 e. The van der Waals surface area contributed by atoms with Crippen LogP contribution in [-0.2, 0) is 0 Å². The Morgan fingerprint density at radius 3 is 2.45 bits per heavy atom. The molecule has 0 aliphatic carbocycles. The number of carbonyl (C=O) groups excluding carboxylic acids is 1. The van der Waals surface area contributed by atoms with E-state index in [0.29, 0.717) is 11.3 Å². The summed E-state index contributed by atoms with van der Waals surface area (Å²) in [5, 5.41) is 3.95. The summed E-state index contributed by atoms with van der Waals surface area (Å²) in [7, 11) is 0. The van der Waals surface area contributed by atoms with Crippen LogP contribution >= 0.6 is 0 Å². The number of hydrogen-bond acceptors (Lipinski definition) is 2. The molecule has 1 heterocycles. The second-order valence-corrected chi connectivity index (χ2v) is 6.80. The predicted octanol–water partition coefficient (Wildman–Crippen LogP) is 5.63. The van der Waals surface area contributed by atoms with Crippen molar-refractivity contribution in [1.29, 1.82) is 0 Å². The van der Waals surface area contributed by atoms with Gasteiger partial charge in [0.1, 0.15) is 0 Å². The van der Waals surface area contributed by atoms with Crippen molar-refractivity contribution in [1.82, 2.24) is 10.3 Å². The van der Waals surface area contributed by atoms with Gasteiger partial charge in [-0.2, -0.15) is 0 Å². The van der Waals surface area contributed by atoms with Crippen LogP contribution in [0.2, 0.25) is 0 Å². The number of aryl methyl sites for hydroxylation is 1. The molecule has 3 aromatic carbocycles. The third-order valence-electron chi connectivity index (χ3n) is 4.80. The van der Waals surface area contributed by atoms with E-state index in [0.717, 1.165) is 33.4 Å². The lowest BCUT2D eigenvalue weighted by molar-refractivity contribution is 0.0973. The molecule has 0 saturated heterocycles. The standard InChI is InChI=1S/C25H21N3O/c1-17-10-6-7-13-20(17)25(29)27-18(2)24-22(16-26-19-11-4-3-5-12-19)21-14-8-9-15-23(21)28-24/h3-16,28H,2H2,1H3,(H,27,29). The molecule has 0 atom stereocenters. The first kappa shape index (κ1) is 18.4. The molecule has 0 saturated carbocycles. The highest BCUT2D eigenvalue weighted by Crippen LogP contribution is 2.25. The Labute approximate surface area is 169 Å². The van der Waals surface area contributed by atoms with E-state index >= 15 is 0 Å². The van der Waals surface area contributed by atoms with E-state index in [-0.39, 0.29) is 5.91 Å². The van der Waals surface area contributed by atoms with E-state index in [1.165, 1.54) is 0 Å². The number of benzene rings is 3. The van der Waals surface area contributed by atoms with Crippen molar-refractivity contribution >= 4 is 34.4 Å². The fraction of sp³-hybridized carbons (Fsp3) is 0.0400. The average molecular weight is 379 g/mol. The van der Waals surface area contributed by atoms with Gasteiger partial charge < -0.3 is 10.3 Å². The number of H-pyrrole nitrogens is 1. The third kappa shape index (κ3) is 3.87. The Bertz CT molecular complexity index is 1220. The van der Waals surface area contributed by atoms with Crippen molar-refractivity contribution < 1.29 is 4.79 Å². The molecule has 2 N–H and O–H groups in total. The van der Waals surface area contributed by atoms with Crippen LogP contribution in [0.15, 0.2) is 90.4 Å². The number of carbonyl (C=O) groups is 1. The van der Waals surface area contributed by atoms with Crippen molar-refractivity contribution in [3.63, 3.8) is 0 Å². The average Bonchev–Trinajstić information content (AvgIpc) is 3.12. The van der Waals surface area contributed by atoms with Crippen LogP contribution in [-0.4, -0.2) is 17.1 Å². The summed E-state index contributed by atoms with van der Waals surface area (Å²) in [6, 6.07) is 25.2. The van der Waals surface area contributed by atoms with Crippen molar-refractivity contribution in [3.8, 4) is 0 Å². The minimum atomic E-state index is -0.183. The highest BCUT2D eigenvalue weighted by molar-refractivity contribution is 6.07. The molecule has 29 heavy (non-hydrogen) atoms. The number of aromatic amines is 1. The molecular formula is C25H21N3O. The molecule has 0 fully saturated rings. The van der Waals surface area contributed by atoms with Gasteiger partial charge in [-0.1, -0.05) is 61.2 Å². The van der Waals surface area contributed by atoms with Crippen LogP contribution in [0.5, 0.6) is 0 Å². The predicted molar refractivity (Wildman–Crippen MR) is 120 cm³/mol. The topological polar surface area (TPSA) is 57.2 Å². The molecule has 4 heteroatoms. The second-order valence-electron chi connectivity index (χ2n) is 6.80. The molecule has 142 valence electrons. The number of aliphatic imine (C=N–C) groups is 1. The zero-order valence-corrected chi connectivity index (χ0v) is 16.1. The van der Waals surface area contributed by atoms with Gasteiger partial charge >= 0.3 is 0 Å². The van der Waals surface area contributed by atoms with Crippen molar-refractivity contribution in [2.75, 3.05) is 0 Å². The van der Waals surface area contributed by atoms with Crippen LogP contribution in [0.25, 0.3) is 16.6 Å². The SMILES string of the molecule is C=C(NC(=O)c1ccccc1C)c1[nH]c2ccccc2c1C=Nc1ccccc1. The van der Waals surface area contributed by atoms with Crippen molar-refractivity contribution in [3.05, 3.63) is 108 Å². The highest BCUT2D eigenvalue weighted by Gasteiger charge is 2.16. The third-order valence-corrected chi connectivity index (χ3v) is 4.80. The first-order valence-corrected chi connectivity index (χ1v) is 9.39. The maximum absolute atomic E-state index is 12.7. The number of fused-ring (bicyclic) bond motifs is 1. The van der Waals surface area contributed by atoms with E-state index in [9.17, 15) is 4.79 Å². The minimum Gasteiger partial charge on any atom is -0.353 e. The highest BCUT2D eigenvalue weighted by atomic mass is 16.1. The summed E-state index contributed by atoms with van der Waals surface area (Å²) in [5.41, 5.74) is 5.50. The fourth-order valence-corrected chi connectivity index (χ4v) is 3.28. The van der Waals surface area contributed by atoms with Crippen LogP contribution in [0, 0.1) is 6.92 Å². The summed E-state index contributed by atoms with van der Waals surface area (Å²) >= 11 is 0. The second kappa shape index (κ2) is 7.98. The number of nitrogens with zero attached hydrogens (tertiary/aromatic N) is 1. The number of nitrogens with one attached hydrogen (secondary N) is 2. The summed E-state index contributed by atoms with van der Waals surface area (Å²) in [6.07, 6.45) is 1.81. The molecule has 0 bridgehead atoms. The molecule has 0 spiro atoms. The van der Waals surface area contributed by atoms with Gasteiger partial charge in [0.2, 0.25) is 0 Å². The fourth-order valence-electron chi connectivity index (χ4n) is 3.28. The van der Waals surface area contributed by atoms with Crippen LogP contribution in [0.1, 0.15) is 27.2 Å². The van der Waals surface area contributed by atoms with E-state index in [1.54, 1.807) is 6.07 Å². The molecule has 0 unspecified atom stereocenters. The molecule has 1 amide bonds. The summed E-state index contributed by atoms with van der Waals surface area (Å²) in [5.74, 6) is -0.183. The summed E-state index contributed by atoms with van der Waals surface area (Å²) in [6.45, 7) is 6.02. The molecule has 4 nitrogen and oxygen atoms in total. The first-order chi connectivity index (χ1) is 14.1. The zero-order valence-electron chi connectivity index (χ0n) is 16.1. The molecule has 1 aromatic heterocycles. The maximum atomic E-state index is 12.7. The molecular weight excluding hydrogens is 358 g/mol. The Morgan fingerprint density at radius 1 is 0.966 bits per heavy atom. The largest absolute Gasteiger partial charge is 0.353 e. The Hall–Kier alpha value is -3.92. The van der Waals surface area contributed by atoms with Gasteiger partial charge in [-0.25, -0.2) is 0 Å². The Morgan fingerprint density at radius 2 is 1.66 bits per heavy atom.